The second-order valence-corrected chi connectivity index (χ2v) is 7.05. The van der Waals surface area contributed by atoms with Crippen LogP contribution in [0.2, 0.25) is 0 Å². The van der Waals surface area contributed by atoms with Gasteiger partial charge in [-0.15, -0.1) is 0 Å². The molecule has 0 aliphatic carbocycles. The van der Waals surface area contributed by atoms with Gasteiger partial charge in [0.1, 0.15) is 5.60 Å². The molecule has 4 nitrogen and oxygen atoms in total. The molecule has 0 bridgehead atoms. The van der Waals surface area contributed by atoms with E-state index in [2.05, 4.69) is 19.1 Å². The summed E-state index contributed by atoms with van der Waals surface area (Å²) in [4.78, 5) is 13.9. The predicted octanol–water partition coefficient (Wildman–Crippen LogP) is 3.95. The molecule has 0 radical (unpaired) electrons. The number of rotatable bonds is 2. The van der Waals surface area contributed by atoms with Crippen LogP contribution in [-0.2, 0) is 11.2 Å². The van der Waals surface area contributed by atoms with Crippen molar-refractivity contribution in [1.82, 2.24) is 4.90 Å². The summed E-state index contributed by atoms with van der Waals surface area (Å²) in [6.07, 6.45) is 2.76. The lowest BCUT2D eigenvalue weighted by molar-refractivity contribution is 0.0205. The molecule has 1 aliphatic heterocycles. The summed E-state index contributed by atoms with van der Waals surface area (Å²) < 4.78 is 5.45. The van der Waals surface area contributed by atoms with Gasteiger partial charge in [-0.1, -0.05) is 13.0 Å². The first kappa shape index (κ1) is 16.7. The van der Waals surface area contributed by atoms with Gasteiger partial charge in [0.15, 0.2) is 0 Å². The minimum Gasteiger partial charge on any atom is -0.444 e. The fourth-order valence-electron chi connectivity index (χ4n) is 3.03. The Balaban J connectivity index is 1.99. The van der Waals surface area contributed by atoms with Crippen molar-refractivity contribution in [1.29, 1.82) is 0 Å². The summed E-state index contributed by atoms with van der Waals surface area (Å²) in [5.74, 6) is 0.509. The first-order valence-electron chi connectivity index (χ1n) is 8.16. The Morgan fingerprint density at radius 3 is 2.50 bits per heavy atom. The van der Waals surface area contributed by atoms with E-state index in [1.807, 2.05) is 31.7 Å². The molecule has 0 aromatic heterocycles. The SMILES string of the molecule is CCc1cc(N)ccc1C1CCN(C(=O)OC(C)(C)C)CC1. The molecule has 0 spiro atoms. The van der Waals surface area contributed by atoms with E-state index in [0.717, 1.165) is 38.0 Å². The quantitative estimate of drug-likeness (QED) is 0.842. The highest BCUT2D eigenvalue weighted by Gasteiger charge is 2.28. The van der Waals surface area contributed by atoms with Gasteiger partial charge in [0, 0.05) is 18.8 Å². The molecule has 1 heterocycles. The number of nitrogens with zero attached hydrogens (tertiary/aromatic N) is 1. The fourth-order valence-corrected chi connectivity index (χ4v) is 3.03. The smallest absolute Gasteiger partial charge is 0.410 e. The maximum Gasteiger partial charge on any atom is 0.410 e. The van der Waals surface area contributed by atoms with Gasteiger partial charge in [0.05, 0.1) is 0 Å². The number of ether oxygens (including phenoxy) is 1. The second-order valence-electron chi connectivity index (χ2n) is 7.05. The summed E-state index contributed by atoms with van der Waals surface area (Å²) >= 11 is 0. The highest BCUT2D eigenvalue weighted by molar-refractivity contribution is 5.68. The van der Waals surface area contributed by atoms with E-state index in [1.54, 1.807) is 0 Å². The van der Waals surface area contributed by atoms with E-state index < -0.39 is 5.60 Å². The molecule has 0 atom stereocenters. The zero-order chi connectivity index (χ0) is 16.3. The number of carbonyl (C=O) groups is 1. The van der Waals surface area contributed by atoms with E-state index in [0.29, 0.717) is 5.92 Å². The lowest BCUT2D eigenvalue weighted by atomic mass is 9.85. The van der Waals surface area contributed by atoms with Gasteiger partial charge >= 0.3 is 6.09 Å². The highest BCUT2D eigenvalue weighted by atomic mass is 16.6. The largest absolute Gasteiger partial charge is 0.444 e. The van der Waals surface area contributed by atoms with Gasteiger partial charge in [0.25, 0.3) is 0 Å². The molecule has 1 amide bonds. The average Bonchev–Trinajstić information content (AvgIpc) is 2.45. The Kier molecular flexibility index (Phi) is 4.99. The van der Waals surface area contributed by atoms with E-state index in [4.69, 9.17) is 10.5 Å². The number of hydrogen-bond acceptors (Lipinski definition) is 3. The number of benzene rings is 1. The number of aryl methyl sites for hydroxylation is 1. The molecule has 1 aromatic rings. The molecule has 22 heavy (non-hydrogen) atoms. The highest BCUT2D eigenvalue weighted by Crippen LogP contribution is 2.32. The second kappa shape index (κ2) is 6.59. The van der Waals surface area contributed by atoms with Crippen LogP contribution in [0, 0.1) is 0 Å². The number of nitrogens with two attached hydrogens (primary N) is 1. The van der Waals surface area contributed by atoms with Crippen molar-refractivity contribution in [3.05, 3.63) is 29.3 Å². The van der Waals surface area contributed by atoms with Crippen molar-refractivity contribution in [2.24, 2.45) is 0 Å². The summed E-state index contributed by atoms with van der Waals surface area (Å²) in [7, 11) is 0. The fraction of sp³-hybridized carbons (Fsp3) is 0.611. The number of likely N-dealkylation sites (tertiary alicyclic amines) is 1. The molecule has 122 valence electrons. The summed E-state index contributed by atoms with van der Waals surface area (Å²) in [5, 5.41) is 0. The predicted molar refractivity (Wildman–Crippen MR) is 90.0 cm³/mol. The first-order chi connectivity index (χ1) is 10.3. The van der Waals surface area contributed by atoms with Crippen LogP contribution in [0.15, 0.2) is 18.2 Å². The van der Waals surface area contributed by atoms with Crippen LogP contribution in [0.4, 0.5) is 10.5 Å². The maximum absolute atomic E-state index is 12.1. The number of piperidine rings is 1. The Labute approximate surface area is 133 Å². The number of nitrogen functional groups attached to an aromatic ring is 1. The third-order valence-corrected chi connectivity index (χ3v) is 4.13. The van der Waals surface area contributed by atoms with Gasteiger partial charge in [0.2, 0.25) is 0 Å². The van der Waals surface area contributed by atoms with Crippen molar-refractivity contribution in [3.8, 4) is 0 Å². The van der Waals surface area contributed by atoms with Crippen LogP contribution in [0.3, 0.4) is 0 Å². The Morgan fingerprint density at radius 2 is 1.95 bits per heavy atom. The summed E-state index contributed by atoms with van der Waals surface area (Å²) in [6.45, 7) is 9.38. The molecule has 2 rings (SSSR count). The minimum atomic E-state index is -0.430. The number of anilines is 1. The third kappa shape index (κ3) is 4.15. The first-order valence-corrected chi connectivity index (χ1v) is 8.16. The molecule has 1 saturated heterocycles. The molecule has 0 unspecified atom stereocenters. The van der Waals surface area contributed by atoms with Gasteiger partial charge < -0.3 is 15.4 Å². The molecule has 1 aromatic carbocycles. The molecular weight excluding hydrogens is 276 g/mol. The molecule has 1 aliphatic rings. The van der Waals surface area contributed by atoms with Gasteiger partial charge in [-0.2, -0.15) is 0 Å². The molecule has 2 N–H and O–H groups in total. The Bertz CT molecular complexity index is 526. The van der Waals surface area contributed by atoms with Crippen molar-refractivity contribution < 1.29 is 9.53 Å². The average molecular weight is 304 g/mol. The summed E-state index contributed by atoms with van der Waals surface area (Å²) in [6, 6.07) is 6.21. The molecular formula is C18H28N2O2. The summed E-state index contributed by atoms with van der Waals surface area (Å²) in [5.41, 5.74) is 9.00. The van der Waals surface area contributed by atoms with Crippen LogP contribution in [0.25, 0.3) is 0 Å². The Morgan fingerprint density at radius 1 is 1.32 bits per heavy atom. The van der Waals surface area contributed by atoms with Crippen LogP contribution >= 0.6 is 0 Å². The third-order valence-electron chi connectivity index (χ3n) is 4.13. The molecule has 0 saturated carbocycles. The van der Waals surface area contributed by atoms with Crippen LogP contribution in [-0.4, -0.2) is 29.7 Å². The zero-order valence-corrected chi connectivity index (χ0v) is 14.2. The van der Waals surface area contributed by atoms with Crippen LogP contribution < -0.4 is 5.73 Å². The standard InChI is InChI=1S/C18H28N2O2/c1-5-13-12-15(19)6-7-16(13)14-8-10-20(11-9-14)17(21)22-18(2,3)4/h6-7,12,14H,5,8-11,19H2,1-4H3. The lowest BCUT2D eigenvalue weighted by Gasteiger charge is -2.34. The molecule has 1 fully saturated rings. The van der Waals surface area contributed by atoms with Crippen LogP contribution in [0.1, 0.15) is 57.6 Å². The Hall–Kier alpha value is -1.71. The van der Waals surface area contributed by atoms with E-state index in [9.17, 15) is 4.79 Å². The van der Waals surface area contributed by atoms with Gasteiger partial charge in [-0.05, 0) is 69.2 Å². The number of carbonyl (C=O) groups excluding carboxylic acids is 1. The zero-order valence-electron chi connectivity index (χ0n) is 14.2. The lowest BCUT2D eigenvalue weighted by Crippen LogP contribution is -2.41. The van der Waals surface area contributed by atoms with Crippen molar-refractivity contribution in [3.63, 3.8) is 0 Å². The monoisotopic (exact) mass is 304 g/mol. The van der Waals surface area contributed by atoms with Crippen molar-refractivity contribution in [2.75, 3.05) is 18.8 Å². The normalized spacial score (nSPS) is 16.6. The maximum atomic E-state index is 12.1. The van der Waals surface area contributed by atoms with Crippen molar-refractivity contribution >= 4 is 11.8 Å². The van der Waals surface area contributed by atoms with E-state index in [-0.39, 0.29) is 6.09 Å². The van der Waals surface area contributed by atoms with E-state index in [1.165, 1.54) is 11.1 Å². The topological polar surface area (TPSA) is 55.6 Å². The van der Waals surface area contributed by atoms with Crippen molar-refractivity contribution in [2.45, 2.75) is 58.5 Å². The van der Waals surface area contributed by atoms with E-state index >= 15 is 0 Å². The number of hydrogen-bond donors (Lipinski definition) is 1. The minimum absolute atomic E-state index is 0.195. The van der Waals surface area contributed by atoms with Gasteiger partial charge in [-0.25, -0.2) is 4.79 Å². The number of amides is 1. The molecule has 4 heteroatoms. The van der Waals surface area contributed by atoms with Crippen LogP contribution in [0.5, 0.6) is 0 Å². The van der Waals surface area contributed by atoms with Gasteiger partial charge in [-0.3, -0.25) is 0 Å².